The molecule has 8 heteroatoms. The molecule has 2 rings (SSSR count). The SMILES string of the molecule is CC(N)C(=O)N1CC(C)N(C(=O)N2CCOCC2)C(C)C1.Cl. The van der Waals surface area contributed by atoms with E-state index in [1.807, 2.05) is 23.6 Å². The molecule has 2 N–H and O–H groups in total. The van der Waals surface area contributed by atoms with E-state index in [-0.39, 0.29) is 36.4 Å². The molecule has 0 saturated carbocycles. The highest BCUT2D eigenvalue weighted by atomic mass is 35.5. The molecule has 2 heterocycles. The largest absolute Gasteiger partial charge is 0.378 e. The van der Waals surface area contributed by atoms with Gasteiger partial charge in [-0.05, 0) is 20.8 Å². The van der Waals surface area contributed by atoms with Crippen LogP contribution in [0.3, 0.4) is 0 Å². The second-order valence-corrected chi connectivity index (χ2v) is 6.02. The fraction of sp³-hybridized carbons (Fsp3) is 0.857. The zero-order chi connectivity index (χ0) is 15.6. The molecule has 0 aromatic carbocycles. The van der Waals surface area contributed by atoms with Gasteiger partial charge in [-0.3, -0.25) is 4.79 Å². The Kier molecular flexibility index (Phi) is 6.90. The summed E-state index contributed by atoms with van der Waals surface area (Å²) in [7, 11) is 0. The number of carbonyl (C=O) groups excluding carboxylic acids is 2. The highest BCUT2D eigenvalue weighted by molar-refractivity contribution is 5.85. The van der Waals surface area contributed by atoms with Crippen molar-refractivity contribution in [2.45, 2.75) is 38.9 Å². The molecule has 2 aliphatic heterocycles. The molecule has 0 aromatic heterocycles. The average molecular weight is 335 g/mol. The molecule has 7 nitrogen and oxygen atoms in total. The third kappa shape index (κ3) is 4.02. The molecule has 3 unspecified atom stereocenters. The van der Waals surface area contributed by atoms with Crippen LogP contribution < -0.4 is 5.73 Å². The zero-order valence-electron chi connectivity index (χ0n) is 13.5. The number of piperazine rings is 1. The van der Waals surface area contributed by atoms with Gasteiger partial charge >= 0.3 is 6.03 Å². The van der Waals surface area contributed by atoms with Gasteiger partial charge in [-0.25, -0.2) is 4.79 Å². The first-order valence-corrected chi connectivity index (χ1v) is 7.61. The minimum absolute atomic E-state index is 0. The monoisotopic (exact) mass is 334 g/mol. The molecule has 0 spiro atoms. The third-order valence-corrected chi connectivity index (χ3v) is 4.12. The number of rotatable bonds is 1. The van der Waals surface area contributed by atoms with Gasteiger partial charge in [-0.15, -0.1) is 12.4 Å². The maximum Gasteiger partial charge on any atom is 0.320 e. The van der Waals surface area contributed by atoms with Crippen LogP contribution in [0.5, 0.6) is 0 Å². The van der Waals surface area contributed by atoms with Crippen LogP contribution in [0.15, 0.2) is 0 Å². The van der Waals surface area contributed by atoms with Crippen LogP contribution >= 0.6 is 12.4 Å². The first-order valence-electron chi connectivity index (χ1n) is 7.61. The van der Waals surface area contributed by atoms with Crippen LogP contribution in [-0.2, 0) is 9.53 Å². The van der Waals surface area contributed by atoms with E-state index in [2.05, 4.69) is 0 Å². The summed E-state index contributed by atoms with van der Waals surface area (Å²) in [4.78, 5) is 30.2. The molecule has 2 fully saturated rings. The molecule has 0 aliphatic carbocycles. The number of urea groups is 1. The lowest BCUT2D eigenvalue weighted by Crippen LogP contribution is -2.64. The van der Waals surface area contributed by atoms with Crippen LogP contribution in [0, 0.1) is 0 Å². The maximum atomic E-state index is 12.7. The topological polar surface area (TPSA) is 79.1 Å². The molecular weight excluding hydrogens is 308 g/mol. The van der Waals surface area contributed by atoms with E-state index in [1.54, 1.807) is 11.8 Å². The van der Waals surface area contributed by atoms with E-state index in [4.69, 9.17) is 10.5 Å². The number of ether oxygens (including phenoxy) is 1. The minimum atomic E-state index is -0.495. The number of nitrogens with two attached hydrogens (primary N) is 1. The van der Waals surface area contributed by atoms with Crippen LogP contribution in [0.2, 0.25) is 0 Å². The van der Waals surface area contributed by atoms with E-state index in [0.29, 0.717) is 39.4 Å². The summed E-state index contributed by atoms with van der Waals surface area (Å²) in [5.74, 6) is -0.0489. The quantitative estimate of drug-likeness (QED) is 0.739. The summed E-state index contributed by atoms with van der Waals surface area (Å²) < 4.78 is 5.29. The molecule has 2 aliphatic rings. The van der Waals surface area contributed by atoms with Gasteiger partial charge in [0.05, 0.1) is 19.3 Å². The van der Waals surface area contributed by atoms with Crippen LogP contribution in [0.25, 0.3) is 0 Å². The fourth-order valence-corrected chi connectivity index (χ4v) is 3.09. The second kappa shape index (κ2) is 7.99. The van der Waals surface area contributed by atoms with Crippen molar-refractivity contribution in [1.29, 1.82) is 0 Å². The van der Waals surface area contributed by atoms with Crippen molar-refractivity contribution >= 4 is 24.3 Å². The number of halogens is 1. The summed E-state index contributed by atoms with van der Waals surface area (Å²) in [6.07, 6.45) is 0. The Morgan fingerprint density at radius 3 is 2.05 bits per heavy atom. The van der Waals surface area contributed by atoms with E-state index >= 15 is 0 Å². The van der Waals surface area contributed by atoms with Crippen molar-refractivity contribution in [1.82, 2.24) is 14.7 Å². The van der Waals surface area contributed by atoms with Gasteiger partial charge in [-0.2, -0.15) is 0 Å². The number of morpholine rings is 1. The molecule has 2 saturated heterocycles. The normalized spacial score (nSPS) is 27.2. The molecule has 0 aromatic rings. The van der Waals surface area contributed by atoms with E-state index in [1.165, 1.54) is 0 Å². The Labute approximate surface area is 138 Å². The Morgan fingerprint density at radius 1 is 1.09 bits per heavy atom. The lowest BCUT2D eigenvalue weighted by molar-refractivity contribution is -0.135. The Morgan fingerprint density at radius 2 is 1.59 bits per heavy atom. The number of carbonyl (C=O) groups is 2. The van der Waals surface area contributed by atoms with Crippen LogP contribution in [-0.4, -0.2) is 84.2 Å². The summed E-state index contributed by atoms with van der Waals surface area (Å²) in [5, 5.41) is 0. The molecule has 3 atom stereocenters. The molecule has 0 radical (unpaired) electrons. The molecular formula is C14H27ClN4O3. The van der Waals surface area contributed by atoms with Crippen molar-refractivity contribution in [2.75, 3.05) is 39.4 Å². The van der Waals surface area contributed by atoms with Crippen molar-refractivity contribution < 1.29 is 14.3 Å². The Hall–Kier alpha value is -1.05. The number of hydrogen-bond donors (Lipinski definition) is 1. The van der Waals surface area contributed by atoms with E-state index in [9.17, 15) is 9.59 Å². The molecule has 128 valence electrons. The van der Waals surface area contributed by atoms with Gasteiger partial charge in [0.2, 0.25) is 5.91 Å². The van der Waals surface area contributed by atoms with Crippen molar-refractivity contribution in [3.05, 3.63) is 0 Å². The predicted octanol–water partition coefficient (Wildman–Crippen LogP) is 0.129. The van der Waals surface area contributed by atoms with Crippen molar-refractivity contribution in [3.8, 4) is 0 Å². The Balaban J connectivity index is 0.00000242. The van der Waals surface area contributed by atoms with E-state index in [0.717, 1.165) is 0 Å². The second-order valence-electron chi connectivity index (χ2n) is 6.02. The lowest BCUT2D eigenvalue weighted by atomic mass is 10.1. The number of hydrogen-bond acceptors (Lipinski definition) is 4. The first kappa shape index (κ1) is 19.0. The summed E-state index contributed by atoms with van der Waals surface area (Å²) in [6, 6.07) is -0.462. The lowest BCUT2D eigenvalue weighted by Gasteiger charge is -2.46. The predicted molar refractivity (Wildman–Crippen MR) is 86.0 cm³/mol. The highest BCUT2D eigenvalue weighted by Crippen LogP contribution is 2.19. The van der Waals surface area contributed by atoms with Gasteiger partial charge in [0.1, 0.15) is 0 Å². The number of amides is 3. The first-order chi connectivity index (χ1) is 9.91. The van der Waals surface area contributed by atoms with E-state index < -0.39 is 6.04 Å². The molecule has 22 heavy (non-hydrogen) atoms. The van der Waals surface area contributed by atoms with Gasteiger partial charge < -0.3 is 25.2 Å². The fourth-order valence-electron chi connectivity index (χ4n) is 3.09. The highest BCUT2D eigenvalue weighted by Gasteiger charge is 2.37. The standard InChI is InChI=1S/C14H26N4O3.ClH/c1-10-8-17(13(19)12(3)15)9-11(2)18(10)14(20)16-4-6-21-7-5-16;/h10-12H,4-9,15H2,1-3H3;1H. The maximum absolute atomic E-state index is 12.7. The van der Waals surface area contributed by atoms with Gasteiger partial charge in [0, 0.05) is 38.3 Å². The molecule has 0 bridgehead atoms. The molecule has 3 amide bonds. The summed E-state index contributed by atoms with van der Waals surface area (Å²) in [5.41, 5.74) is 5.68. The smallest absolute Gasteiger partial charge is 0.320 e. The summed E-state index contributed by atoms with van der Waals surface area (Å²) >= 11 is 0. The van der Waals surface area contributed by atoms with Gasteiger partial charge in [-0.1, -0.05) is 0 Å². The number of nitrogens with zero attached hydrogens (tertiary/aromatic N) is 3. The average Bonchev–Trinajstić information content (AvgIpc) is 2.46. The zero-order valence-corrected chi connectivity index (χ0v) is 14.3. The summed E-state index contributed by atoms with van der Waals surface area (Å²) in [6.45, 7) is 9.21. The Bertz CT molecular complexity index is 390. The van der Waals surface area contributed by atoms with Crippen molar-refractivity contribution in [2.24, 2.45) is 5.73 Å². The minimum Gasteiger partial charge on any atom is -0.378 e. The van der Waals surface area contributed by atoms with Crippen LogP contribution in [0.1, 0.15) is 20.8 Å². The van der Waals surface area contributed by atoms with Gasteiger partial charge in [0.15, 0.2) is 0 Å². The van der Waals surface area contributed by atoms with Crippen molar-refractivity contribution in [3.63, 3.8) is 0 Å². The third-order valence-electron chi connectivity index (χ3n) is 4.12. The van der Waals surface area contributed by atoms with Gasteiger partial charge in [0.25, 0.3) is 0 Å². The van der Waals surface area contributed by atoms with Crippen LogP contribution in [0.4, 0.5) is 4.79 Å².